The first-order valence-electron chi connectivity index (χ1n) is 7.34. The van der Waals surface area contributed by atoms with Crippen LogP contribution in [0.1, 0.15) is 24.9 Å². The summed E-state index contributed by atoms with van der Waals surface area (Å²) in [5.74, 6) is 1.30. The molecule has 0 aliphatic rings. The maximum Gasteiger partial charge on any atom is 0.230 e. The minimum atomic E-state index is 0.0368. The average molecular weight is 315 g/mol. The number of methoxy groups -OCH3 is 1. The van der Waals surface area contributed by atoms with Gasteiger partial charge in [-0.25, -0.2) is 0 Å². The molecule has 22 heavy (non-hydrogen) atoms. The van der Waals surface area contributed by atoms with Crippen LogP contribution in [0.4, 0.5) is 0 Å². The number of thioether (sulfide) groups is 1. The Morgan fingerprint density at radius 1 is 1.14 bits per heavy atom. The van der Waals surface area contributed by atoms with Crippen molar-refractivity contribution in [3.8, 4) is 5.75 Å². The monoisotopic (exact) mass is 315 g/mol. The van der Waals surface area contributed by atoms with Crippen LogP contribution in [0.2, 0.25) is 0 Å². The normalized spacial score (nSPS) is 11.7. The lowest BCUT2D eigenvalue weighted by atomic mass is 10.0. The van der Waals surface area contributed by atoms with Crippen molar-refractivity contribution in [2.24, 2.45) is 0 Å². The fourth-order valence-electron chi connectivity index (χ4n) is 2.16. The lowest BCUT2D eigenvalue weighted by Crippen LogP contribution is -2.29. The van der Waals surface area contributed by atoms with Gasteiger partial charge in [-0.15, -0.1) is 11.8 Å². The third-order valence-electron chi connectivity index (χ3n) is 3.37. The highest BCUT2D eigenvalue weighted by Gasteiger charge is 2.13. The number of amides is 1. The van der Waals surface area contributed by atoms with Crippen LogP contribution >= 0.6 is 11.8 Å². The number of hydrogen-bond acceptors (Lipinski definition) is 3. The second-order valence-electron chi connectivity index (χ2n) is 4.90. The molecule has 2 rings (SSSR count). The SMILES string of the molecule is CCC(NC(=O)CSc1ccccc1)c1ccc(OC)cc1. The van der Waals surface area contributed by atoms with E-state index in [4.69, 9.17) is 4.74 Å². The number of nitrogens with one attached hydrogen (secondary N) is 1. The maximum absolute atomic E-state index is 12.1. The van der Waals surface area contributed by atoms with E-state index < -0.39 is 0 Å². The van der Waals surface area contributed by atoms with Crippen LogP contribution in [-0.2, 0) is 4.79 Å². The fraction of sp³-hybridized carbons (Fsp3) is 0.278. The molecule has 0 spiro atoms. The smallest absolute Gasteiger partial charge is 0.230 e. The molecule has 2 aromatic rings. The molecule has 0 radical (unpaired) electrons. The molecule has 0 aromatic heterocycles. The molecule has 1 N–H and O–H groups in total. The maximum atomic E-state index is 12.1. The van der Waals surface area contributed by atoms with Gasteiger partial charge in [-0.3, -0.25) is 4.79 Å². The van der Waals surface area contributed by atoms with Gasteiger partial charge >= 0.3 is 0 Å². The molecule has 0 aliphatic heterocycles. The minimum Gasteiger partial charge on any atom is -0.497 e. The molecule has 3 nitrogen and oxygen atoms in total. The summed E-state index contributed by atoms with van der Waals surface area (Å²) in [6, 6.07) is 17.8. The average Bonchev–Trinajstić information content (AvgIpc) is 2.59. The van der Waals surface area contributed by atoms with Gasteiger partial charge in [0, 0.05) is 4.90 Å². The van der Waals surface area contributed by atoms with E-state index >= 15 is 0 Å². The van der Waals surface area contributed by atoms with E-state index in [1.54, 1.807) is 18.9 Å². The third kappa shape index (κ3) is 4.81. The highest BCUT2D eigenvalue weighted by Crippen LogP contribution is 2.21. The number of rotatable bonds is 7. The molecule has 2 aromatic carbocycles. The third-order valence-corrected chi connectivity index (χ3v) is 4.39. The van der Waals surface area contributed by atoms with Gasteiger partial charge in [0.25, 0.3) is 0 Å². The topological polar surface area (TPSA) is 38.3 Å². The van der Waals surface area contributed by atoms with Gasteiger partial charge in [0.1, 0.15) is 5.75 Å². The molecule has 116 valence electrons. The van der Waals surface area contributed by atoms with Crippen molar-refractivity contribution in [3.63, 3.8) is 0 Å². The lowest BCUT2D eigenvalue weighted by molar-refractivity contribution is -0.119. The van der Waals surface area contributed by atoms with Crippen molar-refractivity contribution in [1.82, 2.24) is 5.32 Å². The number of carbonyl (C=O) groups is 1. The summed E-state index contributed by atoms with van der Waals surface area (Å²) in [4.78, 5) is 13.2. The van der Waals surface area contributed by atoms with Crippen molar-refractivity contribution in [2.45, 2.75) is 24.3 Å². The quantitative estimate of drug-likeness (QED) is 0.783. The largest absolute Gasteiger partial charge is 0.497 e. The highest BCUT2D eigenvalue weighted by molar-refractivity contribution is 8.00. The summed E-state index contributed by atoms with van der Waals surface area (Å²) in [7, 11) is 1.65. The first-order chi connectivity index (χ1) is 10.7. The van der Waals surface area contributed by atoms with Gasteiger partial charge in [-0.2, -0.15) is 0 Å². The van der Waals surface area contributed by atoms with Crippen LogP contribution in [0, 0.1) is 0 Å². The number of hydrogen-bond donors (Lipinski definition) is 1. The van der Waals surface area contributed by atoms with Crippen LogP contribution < -0.4 is 10.1 Å². The Balaban J connectivity index is 1.90. The second-order valence-corrected chi connectivity index (χ2v) is 5.95. The number of carbonyl (C=O) groups excluding carboxylic acids is 1. The van der Waals surface area contributed by atoms with Crippen LogP contribution in [0.3, 0.4) is 0 Å². The zero-order valence-corrected chi connectivity index (χ0v) is 13.7. The Hall–Kier alpha value is -1.94. The Kier molecular flexibility index (Phi) is 6.34. The Bertz CT molecular complexity index is 584. The molecular formula is C18H21NO2S. The molecule has 4 heteroatoms. The molecule has 0 heterocycles. The molecule has 0 bridgehead atoms. The highest BCUT2D eigenvalue weighted by atomic mass is 32.2. The summed E-state index contributed by atoms with van der Waals surface area (Å²) >= 11 is 1.55. The van der Waals surface area contributed by atoms with Crippen LogP contribution in [-0.4, -0.2) is 18.8 Å². The number of ether oxygens (including phenoxy) is 1. The molecular weight excluding hydrogens is 294 g/mol. The molecule has 0 fully saturated rings. The Morgan fingerprint density at radius 3 is 2.41 bits per heavy atom. The van der Waals surface area contributed by atoms with Gasteiger partial charge < -0.3 is 10.1 Å². The van der Waals surface area contributed by atoms with Crippen molar-refractivity contribution in [3.05, 3.63) is 60.2 Å². The standard InChI is InChI=1S/C18H21NO2S/c1-3-17(14-9-11-15(21-2)12-10-14)19-18(20)13-22-16-7-5-4-6-8-16/h4-12,17H,3,13H2,1-2H3,(H,19,20). The van der Waals surface area contributed by atoms with Crippen molar-refractivity contribution in [2.75, 3.05) is 12.9 Å². The van der Waals surface area contributed by atoms with Gasteiger partial charge in [-0.1, -0.05) is 37.3 Å². The molecule has 0 aliphatic carbocycles. The molecule has 0 saturated carbocycles. The van der Waals surface area contributed by atoms with E-state index in [0.29, 0.717) is 5.75 Å². The van der Waals surface area contributed by atoms with Gasteiger partial charge in [-0.05, 0) is 36.2 Å². The van der Waals surface area contributed by atoms with Gasteiger partial charge in [0.05, 0.1) is 18.9 Å². The predicted molar refractivity (Wildman–Crippen MR) is 91.3 cm³/mol. The zero-order chi connectivity index (χ0) is 15.8. The van der Waals surface area contributed by atoms with E-state index in [1.807, 2.05) is 54.6 Å². The van der Waals surface area contributed by atoms with Crippen molar-refractivity contribution < 1.29 is 9.53 Å². The molecule has 0 saturated heterocycles. The summed E-state index contributed by atoms with van der Waals surface area (Å²) in [5, 5.41) is 3.09. The first kappa shape index (κ1) is 16.4. The fourth-order valence-corrected chi connectivity index (χ4v) is 2.89. The summed E-state index contributed by atoms with van der Waals surface area (Å²) in [6.45, 7) is 2.07. The molecule has 1 amide bonds. The predicted octanol–water partition coefficient (Wildman–Crippen LogP) is 4.05. The van der Waals surface area contributed by atoms with Crippen LogP contribution in [0.5, 0.6) is 5.75 Å². The van der Waals surface area contributed by atoms with E-state index in [9.17, 15) is 4.79 Å². The van der Waals surface area contributed by atoms with Crippen molar-refractivity contribution >= 4 is 17.7 Å². The first-order valence-corrected chi connectivity index (χ1v) is 8.32. The summed E-state index contributed by atoms with van der Waals surface area (Å²) < 4.78 is 5.16. The lowest BCUT2D eigenvalue weighted by Gasteiger charge is -2.17. The molecule has 1 unspecified atom stereocenters. The second kappa shape index (κ2) is 8.49. The number of benzene rings is 2. The Labute approximate surface area is 136 Å². The summed E-state index contributed by atoms with van der Waals surface area (Å²) in [5.41, 5.74) is 1.10. The van der Waals surface area contributed by atoms with E-state index in [-0.39, 0.29) is 11.9 Å². The van der Waals surface area contributed by atoms with E-state index in [0.717, 1.165) is 22.6 Å². The van der Waals surface area contributed by atoms with Crippen LogP contribution in [0.25, 0.3) is 0 Å². The van der Waals surface area contributed by atoms with E-state index in [2.05, 4.69) is 12.2 Å². The Morgan fingerprint density at radius 2 is 1.82 bits per heavy atom. The van der Waals surface area contributed by atoms with Gasteiger partial charge in [0.2, 0.25) is 5.91 Å². The van der Waals surface area contributed by atoms with Crippen LogP contribution in [0.15, 0.2) is 59.5 Å². The molecule has 1 atom stereocenters. The van der Waals surface area contributed by atoms with Crippen molar-refractivity contribution in [1.29, 1.82) is 0 Å². The minimum absolute atomic E-state index is 0.0368. The zero-order valence-electron chi connectivity index (χ0n) is 12.9. The summed E-state index contributed by atoms with van der Waals surface area (Å²) in [6.07, 6.45) is 0.855. The van der Waals surface area contributed by atoms with Gasteiger partial charge in [0.15, 0.2) is 0 Å². The van der Waals surface area contributed by atoms with E-state index in [1.165, 1.54) is 0 Å².